The minimum Gasteiger partial charge on any atom is -0.394 e. The lowest BCUT2D eigenvalue weighted by atomic mass is 9.72. The lowest BCUT2D eigenvalue weighted by Gasteiger charge is -2.40. The number of nitrogens with zero attached hydrogens (tertiary/aromatic N) is 3. The topological polar surface area (TPSA) is 87.5 Å². The SMILES string of the molecule is CC1(NC(=O)c2cn(-c3ccc(F)cc3F)c3nc(N4CCCCC4CO)ccc3c2=O)CC2CC3CC3(C2)C1. The maximum absolute atomic E-state index is 15.1. The first-order chi connectivity index (χ1) is 19.2. The van der Waals surface area contributed by atoms with Gasteiger partial charge < -0.3 is 15.3 Å². The van der Waals surface area contributed by atoms with Crippen LogP contribution in [0.5, 0.6) is 0 Å². The molecule has 5 atom stereocenters. The molecule has 5 unspecified atom stereocenters. The first kappa shape index (κ1) is 25.6. The summed E-state index contributed by atoms with van der Waals surface area (Å²) in [4.78, 5) is 34.2. The van der Waals surface area contributed by atoms with Crippen molar-refractivity contribution < 1.29 is 18.7 Å². The van der Waals surface area contributed by atoms with Gasteiger partial charge in [-0.25, -0.2) is 13.8 Å². The maximum Gasteiger partial charge on any atom is 0.257 e. The Kier molecular flexibility index (Phi) is 5.82. The van der Waals surface area contributed by atoms with Crippen LogP contribution in [-0.4, -0.2) is 45.3 Å². The zero-order chi connectivity index (χ0) is 27.8. The number of aliphatic hydroxyl groups excluding tert-OH is 1. The summed E-state index contributed by atoms with van der Waals surface area (Å²) in [6, 6.07) is 6.44. The molecule has 1 aliphatic heterocycles. The van der Waals surface area contributed by atoms with E-state index < -0.39 is 28.5 Å². The predicted molar refractivity (Wildman–Crippen MR) is 148 cm³/mol. The Labute approximate surface area is 231 Å². The number of amides is 1. The molecule has 0 radical (unpaired) electrons. The number of anilines is 1. The smallest absolute Gasteiger partial charge is 0.257 e. The maximum atomic E-state index is 15.1. The highest BCUT2D eigenvalue weighted by Crippen LogP contribution is 2.72. The third kappa shape index (κ3) is 4.12. The van der Waals surface area contributed by atoms with Gasteiger partial charge in [-0.2, -0.15) is 0 Å². The van der Waals surface area contributed by atoms with Crippen LogP contribution in [0.1, 0.15) is 68.6 Å². The van der Waals surface area contributed by atoms with Crippen molar-refractivity contribution >= 4 is 22.8 Å². The second kappa shape index (κ2) is 9.09. The second-order valence-electron chi connectivity index (χ2n) is 12.9. The summed E-state index contributed by atoms with van der Waals surface area (Å²) in [6.07, 6.45) is 9.58. The number of piperidine rings is 1. The molecule has 3 aliphatic carbocycles. The number of hydrogen-bond donors (Lipinski definition) is 2. The average molecular weight is 549 g/mol. The van der Waals surface area contributed by atoms with E-state index in [1.165, 1.54) is 36.1 Å². The molecule has 1 spiro atoms. The number of carbonyl (C=O) groups is 1. The van der Waals surface area contributed by atoms with E-state index in [9.17, 15) is 19.1 Å². The van der Waals surface area contributed by atoms with Crippen molar-refractivity contribution in [1.82, 2.24) is 14.9 Å². The van der Waals surface area contributed by atoms with Gasteiger partial charge in [0.1, 0.15) is 23.0 Å². The molecule has 2 aromatic heterocycles. The summed E-state index contributed by atoms with van der Waals surface area (Å²) < 4.78 is 30.3. The molecule has 2 N–H and O–H groups in total. The van der Waals surface area contributed by atoms with E-state index in [-0.39, 0.29) is 34.9 Å². The van der Waals surface area contributed by atoms with Gasteiger partial charge in [-0.15, -0.1) is 0 Å². The number of aliphatic hydroxyl groups is 1. The number of fused-ring (bicyclic) bond motifs is 2. The molecule has 3 aromatic rings. The van der Waals surface area contributed by atoms with Crippen LogP contribution in [0, 0.1) is 28.9 Å². The summed E-state index contributed by atoms with van der Waals surface area (Å²) in [5.41, 5.74) is -0.479. The quantitative estimate of drug-likeness (QED) is 0.482. The number of halogens is 2. The van der Waals surface area contributed by atoms with Crippen molar-refractivity contribution in [3.63, 3.8) is 0 Å². The minimum absolute atomic E-state index is 0.0101. The third-order valence-electron chi connectivity index (χ3n) is 9.95. The number of nitrogens with one attached hydrogen (secondary N) is 1. The van der Waals surface area contributed by atoms with Crippen molar-refractivity contribution in [2.24, 2.45) is 17.3 Å². The van der Waals surface area contributed by atoms with Crippen LogP contribution < -0.4 is 15.6 Å². The Hall–Kier alpha value is -3.33. The fourth-order valence-corrected chi connectivity index (χ4v) is 8.31. The molecule has 4 fully saturated rings. The van der Waals surface area contributed by atoms with Gasteiger partial charge in [-0.1, -0.05) is 0 Å². The summed E-state index contributed by atoms with van der Waals surface area (Å²) >= 11 is 0. The number of pyridine rings is 2. The van der Waals surface area contributed by atoms with E-state index in [1.807, 2.05) is 4.90 Å². The number of aromatic nitrogens is 2. The van der Waals surface area contributed by atoms with Crippen molar-refractivity contribution in [1.29, 1.82) is 0 Å². The lowest BCUT2D eigenvalue weighted by Crippen LogP contribution is -2.51. The fourth-order valence-electron chi connectivity index (χ4n) is 8.31. The Balaban J connectivity index is 1.33. The lowest BCUT2D eigenvalue weighted by molar-refractivity contribution is 0.0827. The summed E-state index contributed by atoms with van der Waals surface area (Å²) in [5, 5.41) is 13.3. The van der Waals surface area contributed by atoms with Gasteiger partial charge >= 0.3 is 0 Å². The van der Waals surface area contributed by atoms with Gasteiger partial charge in [0.05, 0.1) is 23.7 Å². The van der Waals surface area contributed by atoms with E-state index in [0.717, 1.165) is 50.2 Å². The van der Waals surface area contributed by atoms with Gasteiger partial charge in [0, 0.05) is 24.3 Å². The van der Waals surface area contributed by atoms with Gasteiger partial charge in [-0.3, -0.25) is 14.2 Å². The van der Waals surface area contributed by atoms with Crippen LogP contribution in [0.3, 0.4) is 0 Å². The standard InChI is InChI=1S/C31H34F2N4O3/c1-30(12-18-10-19-14-31(19,13-18)17-30)35-29(40)23-15-37(25-7-5-20(32)11-24(25)33)28-22(27(23)39)6-8-26(34-28)36-9-3-2-4-21(36)16-38/h5-8,11,15,18-19,21,38H,2-4,9-10,12-14,16-17H2,1H3,(H,35,40). The first-order valence-corrected chi connectivity index (χ1v) is 14.4. The van der Waals surface area contributed by atoms with Crippen LogP contribution in [0.25, 0.3) is 16.7 Å². The third-order valence-corrected chi connectivity index (χ3v) is 9.95. The Morgan fingerprint density at radius 3 is 2.80 bits per heavy atom. The average Bonchev–Trinajstić information content (AvgIpc) is 3.47. The highest BCUT2D eigenvalue weighted by atomic mass is 19.1. The van der Waals surface area contributed by atoms with Gasteiger partial charge in [0.15, 0.2) is 5.65 Å². The largest absolute Gasteiger partial charge is 0.394 e. The molecular formula is C31H34F2N4O3. The van der Waals surface area contributed by atoms with Crippen LogP contribution in [-0.2, 0) is 0 Å². The molecule has 1 amide bonds. The zero-order valence-electron chi connectivity index (χ0n) is 22.6. The number of benzene rings is 1. The van der Waals surface area contributed by atoms with Crippen molar-refractivity contribution in [3.05, 3.63) is 63.9 Å². The molecule has 7 nitrogen and oxygen atoms in total. The van der Waals surface area contributed by atoms with Gasteiger partial charge in [0.2, 0.25) is 5.43 Å². The van der Waals surface area contributed by atoms with Crippen LogP contribution >= 0.6 is 0 Å². The van der Waals surface area contributed by atoms with E-state index in [2.05, 4.69) is 12.2 Å². The molecule has 9 heteroatoms. The molecule has 2 bridgehead atoms. The van der Waals surface area contributed by atoms with E-state index >= 15 is 4.39 Å². The molecule has 1 saturated heterocycles. The summed E-state index contributed by atoms with van der Waals surface area (Å²) in [5.74, 6) is -0.122. The van der Waals surface area contributed by atoms with Crippen LogP contribution in [0.15, 0.2) is 41.3 Å². The van der Waals surface area contributed by atoms with Crippen LogP contribution in [0.2, 0.25) is 0 Å². The minimum atomic E-state index is -0.829. The number of hydrogen-bond acceptors (Lipinski definition) is 5. The fraction of sp³-hybridized carbons (Fsp3) is 0.516. The second-order valence-corrected chi connectivity index (χ2v) is 12.9. The van der Waals surface area contributed by atoms with E-state index in [0.29, 0.717) is 23.7 Å². The molecule has 3 heterocycles. The molecular weight excluding hydrogens is 514 g/mol. The Morgan fingerprint density at radius 2 is 2.02 bits per heavy atom. The molecule has 40 heavy (non-hydrogen) atoms. The molecule has 1 aromatic carbocycles. The van der Waals surface area contributed by atoms with E-state index in [4.69, 9.17) is 4.98 Å². The van der Waals surface area contributed by atoms with Gasteiger partial charge in [-0.05, 0) is 99.8 Å². The molecule has 7 rings (SSSR count). The summed E-state index contributed by atoms with van der Waals surface area (Å²) in [7, 11) is 0. The number of carbonyl (C=O) groups excluding carboxylic acids is 1. The monoisotopic (exact) mass is 548 g/mol. The Morgan fingerprint density at radius 1 is 1.18 bits per heavy atom. The van der Waals surface area contributed by atoms with Gasteiger partial charge in [0.25, 0.3) is 5.91 Å². The summed E-state index contributed by atoms with van der Waals surface area (Å²) in [6.45, 7) is 2.74. The van der Waals surface area contributed by atoms with Crippen molar-refractivity contribution in [2.75, 3.05) is 18.1 Å². The zero-order valence-corrected chi connectivity index (χ0v) is 22.6. The molecule has 210 valence electrons. The Bertz CT molecular complexity index is 1590. The predicted octanol–water partition coefficient (Wildman–Crippen LogP) is 4.71. The van der Waals surface area contributed by atoms with Crippen molar-refractivity contribution in [3.8, 4) is 5.69 Å². The van der Waals surface area contributed by atoms with Crippen LogP contribution in [0.4, 0.5) is 14.6 Å². The highest BCUT2D eigenvalue weighted by molar-refractivity contribution is 5.97. The van der Waals surface area contributed by atoms with E-state index in [1.54, 1.807) is 12.1 Å². The molecule has 4 aliphatic rings. The normalized spacial score (nSPS) is 30.8. The highest BCUT2D eigenvalue weighted by Gasteiger charge is 2.65. The first-order valence-electron chi connectivity index (χ1n) is 14.4. The van der Waals surface area contributed by atoms with Crippen molar-refractivity contribution in [2.45, 2.75) is 69.9 Å². The molecule has 3 saturated carbocycles. The number of rotatable bonds is 5.